The molecule has 1 heterocycles. The molecule has 0 fully saturated rings. The SMILES string of the molecule is O=C(O)c1c(CNCc2ccncn2)cccc1[N+](=O)[O-]. The highest BCUT2D eigenvalue weighted by Gasteiger charge is 2.22. The number of nitrogens with zero attached hydrogens (tertiary/aromatic N) is 3. The van der Waals surface area contributed by atoms with Crippen LogP contribution in [-0.2, 0) is 13.1 Å². The summed E-state index contributed by atoms with van der Waals surface area (Å²) in [6.07, 6.45) is 3.01. The van der Waals surface area contributed by atoms with Gasteiger partial charge >= 0.3 is 5.97 Å². The van der Waals surface area contributed by atoms with E-state index >= 15 is 0 Å². The number of carboxylic acids is 1. The molecule has 0 bridgehead atoms. The number of nitro groups is 1. The fraction of sp³-hybridized carbons (Fsp3) is 0.154. The lowest BCUT2D eigenvalue weighted by molar-refractivity contribution is -0.385. The number of aromatic nitrogens is 2. The van der Waals surface area contributed by atoms with Gasteiger partial charge in [-0.15, -0.1) is 0 Å². The molecule has 8 heteroatoms. The van der Waals surface area contributed by atoms with Gasteiger partial charge in [0.15, 0.2) is 0 Å². The van der Waals surface area contributed by atoms with E-state index in [1.807, 2.05) is 0 Å². The van der Waals surface area contributed by atoms with Crippen molar-refractivity contribution in [3.63, 3.8) is 0 Å². The first-order valence-corrected chi connectivity index (χ1v) is 6.04. The second kappa shape index (κ2) is 6.53. The van der Waals surface area contributed by atoms with Crippen LogP contribution in [0, 0.1) is 10.1 Å². The van der Waals surface area contributed by atoms with E-state index in [0.717, 1.165) is 5.69 Å². The molecule has 108 valence electrons. The summed E-state index contributed by atoms with van der Waals surface area (Å²) in [5.41, 5.74) is 0.389. The highest BCUT2D eigenvalue weighted by Crippen LogP contribution is 2.22. The van der Waals surface area contributed by atoms with Crippen LogP contribution >= 0.6 is 0 Å². The van der Waals surface area contributed by atoms with Crippen molar-refractivity contribution in [2.75, 3.05) is 0 Å². The number of nitro benzene ring substituents is 1. The number of hydrogen-bond acceptors (Lipinski definition) is 6. The maximum atomic E-state index is 11.2. The number of aromatic carboxylic acids is 1. The van der Waals surface area contributed by atoms with Crippen LogP contribution in [-0.4, -0.2) is 26.0 Å². The van der Waals surface area contributed by atoms with Crippen LogP contribution in [0.15, 0.2) is 36.8 Å². The van der Waals surface area contributed by atoms with E-state index in [1.54, 1.807) is 18.3 Å². The number of benzene rings is 1. The summed E-state index contributed by atoms with van der Waals surface area (Å²) in [5.74, 6) is -1.32. The first-order valence-electron chi connectivity index (χ1n) is 6.04. The van der Waals surface area contributed by atoms with Crippen molar-refractivity contribution < 1.29 is 14.8 Å². The fourth-order valence-electron chi connectivity index (χ4n) is 1.88. The second-order valence-corrected chi connectivity index (χ2v) is 4.18. The summed E-state index contributed by atoms with van der Waals surface area (Å²) in [4.78, 5) is 29.2. The molecule has 2 rings (SSSR count). The van der Waals surface area contributed by atoms with Gasteiger partial charge in [-0.3, -0.25) is 10.1 Å². The molecule has 8 nitrogen and oxygen atoms in total. The van der Waals surface area contributed by atoms with Crippen molar-refractivity contribution in [3.05, 3.63) is 63.7 Å². The Hall–Kier alpha value is -2.87. The Kier molecular flexibility index (Phi) is 4.52. The van der Waals surface area contributed by atoms with Gasteiger partial charge in [0.1, 0.15) is 11.9 Å². The minimum Gasteiger partial charge on any atom is -0.477 e. The van der Waals surface area contributed by atoms with E-state index in [-0.39, 0.29) is 12.1 Å². The minimum absolute atomic E-state index is 0.188. The summed E-state index contributed by atoms with van der Waals surface area (Å²) in [6.45, 7) is 0.595. The van der Waals surface area contributed by atoms with Gasteiger partial charge in [-0.05, 0) is 11.6 Å². The van der Waals surface area contributed by atoms with Crippen LogP contribution in [0.5, 0.6) is 0 Å². The zero-order valence-corrected chi connectivity index (χ0v) is 10.9. The van der Waals surface area contributed by atoms with Crippen molar-refractivity contribution in [1.29, 1.82) is 0 Å². The number of rotatable bonds is 6. The molecule has 0 radical (unpaired) electrons. The Morgan fingerprint density at radius 1 is 1.33 bits per heavy atom. The van der Waals surface area contributed by atoms with Gasteiger partial charge in [0.05, 0.1) is 10.6 Å². The lowest BCUT2D eigenvalue weighted by atomic mass is 10.1. The van der Waals surface area contributed by atoms with Gasteiger partial charge < -0.3 is 10.4 Å². The molecule has 2 aromatic rings. The first kappa shape index (κ1) is 14.5. The monoisotopic (exact) mass is 288 g/mol. The van der Waals surface area contributed by atoms with Crippen LogP contribution in [0.4, 0.5) is 5.69 Å². The number of nitrogens with one attached hydrogen (secondary N) is 1. The van der Waals surface area contributed by atoms with Gasteiger partial charge in [-0.25, -0.2) is 14.8 Å². The lowest BCUT2D eigenvalue weighted by Crippen LogP contribution is -2.17. The van der Waals surface area contributed by atoms with Crippen molar-refractivity contribution in [2.45, 2.75) is 13.1 Å². The summed E-state index contributed by atoms with van der Waals surface area (Å²) in [5, 5.41) is 23.0. The fourth-order valence-corrected chi connectivity index (χ4v) is 1.88. The average molecular weight is 288 g/mol. The third-order valence-electron chi connectivity index (χ3n) is 2.80. The summed E-state index contributed by atoms with van der Waals surface area (Å²) in [7, 11) is 0. The molecule has 1 aromatic carbocycles. The predicted octanol–water partition coefficient (Wildman–Crippen LogP) is 1.37. The van der Waals surface area contributed by atoms with Crippen molar-refractivity contribution in [3.8, 4) is 0 Å². The molecule has 0 unspecified atom stereocenters. The van der Waals surface area contributed by atoms with Gasteiger partial charge in [-0.1, -0.05) is 12.1 Å². The zero-order chi connectivity index (χ0) is 15.2. The van der Waals surface area contributed by atoms with Gasteiger partial charge in [0.2, 0.25) is 0 Å². The Labute approximate surface area is 119 Å². The predicted molar refractivity (Wildman–Crippen MR) is 72.6 cm³/mol. The molecule has 0 spiro atoms. The molecule has 0 aliphatic carbocycles. The van der Waals surface area contributed by atoms with E-state index in [2.05, 4.69) is 15.3 Å². The topological polar surface area (TPSA) is 118 Å². The molecular weight excluding hydrogens is 276 g/mol. The lowest BCUT2D eigenvalue weighted by Gasteiger charge is -2.08. The van der Waals surface area contributed by atoms with Crippen molar-refractivity contribution in [1.82, 2.24) is 15.3 Å². The largest absolute Gasteiger partial charge is 0.477 e. The minimum atomic E-state index is -1.32. The van der Waals surface area contributed by atoms with E-state index < -0.39 is 16.6 Å². The van der Waals surface area contributed by atoms with E-state index in [1.165, 1.54) is 18.5 Å². The Morgan fingerprint density at radius 3 is 2.76 bits per heavy atom. The quantitative estimate of drug-likeness (QED) is 0.608. The molecule has 1 aromatic heterocycles. The molecule has 0 saturated carbocycles. The molecule has 0 amide bonds. The number of carbonyl (C=O) groups is 1. The number of carboxylic acid groups (broad SMARTS) is 1. The molecule has 21 heavy (non-hydrogen) atoms. The summed E-state index contributed by atoms with van der Waals surface area (Å²) >= 11 is 0. The highest BCUT2D eigenvalue weighted by atomic mass is 16.6. The normalized spacial score (nSPS) is 10.3. The maximum absolute atomic E-state index is 11.2. The maximum Gasteiger partial charge on any atom is 0.343 e. The zero-order valence-electron chi connectivity index (χ0n) is 10.9. The van der Waals surface area contributed by atoms with E-state index in [9.17, 15) is 14.9 Å². The van der Waals surface area contributed by atoms with Crippen molar-refractivity contribution in [2.24, 2.45) is 0 Å². The first-order chi connectivity index (χ1) is 10.1. The number of hydrogen-bond donors (Lipinski definition) is 2. The standard InChI is InChI=1S/C13H12N4O4/c18-13(19)12-9(2-1-3-11(12)17(20)21)6-15-7-10-4-5-14-8-16-10/h1-5,8,15H,6-7H2,(H,18,19). The Balaban J connectivity index is 2.14. The molecule has 0 saturated heterocycles. The summed E-state index contributed by atoms with van der Waals surface area (Å²) < 4.78 is 0. The third kappa shape index (κ3) is 3.57. The van der Waals surface area contributed by atoms with Crippen molar-refractivity contribution >= 4 is 11.7 Å². The highest BCUT2D eigenvalue weighted by molar-refractivity contribution is 5.94. The van der Waals surface area contributed by atoms with E-state index in [0.29, 0.717) is 12.1 Å². The van der Waals surface area contributed by atoms with E-state index in [4.69, 9.17) is 5.11 Å². The Morgan fingerprint density at radius 2 is 2.14 bits per heavy atom. The van der Waals surface area contributed by atoms with Gasteiger partial charge in [0.25, 0.3) is 5.69 Å². The average Bonchev–Trinajstić information content (AvgIpc) is 2.47. The van der Waals surface area contributed by atoms with Crippen LogP contribution in [0.2, 0.25) is 0 Å². The molecule has 2 N–H and O–H groups in total. The molecule has 0 atom stereocenters. The van der Waals surface area contributed by atoms with Crippen LogP contribution in [0.1, 0.15) is 21.6 Å². The Bertz CT molecular complexity index is 660. The second-order valence-electron chi connectivity index (χ2n) is 4.18. The van der Waals surface area contributed by atoms with Gasteiger partial charge in [0, 0.05) is 25.4 Å². The molecular formula is C13H12N4O4. The molecule has 0 aliphatic heterocycles. The van der Waals surface area contributed by atoms with Crippen LogP contribution in [0.25, 0.3) is 0 Å². The van der Waals surface area contributed by atoms with Gasteiger partial charge in [-0.2, -0.15) is 0 Å². The summed E-state index contributed by atoms with van der Waals surface area (Å²) in [6, 6.07) is 5.91. The third-order valence-corrected chi connectivity index (χ3v) is 2.80. The smallest absolute Gasteiger partial charge is 0.343 e. The van der Waals surface area contributed by atoms with Crippen LogP contribution in [0.3, 0.4) is 0 Å². The van der Waals surface area contributed by atoms with Crippen LogP contribution < -0.4 is 5.32 Å². The molecule has 0 aliphatic rings.